The fourth-order valence-electron chi connectivity index (χ4n) is 17.1. The van der Waals surface area contributed by atoms with Gasteiger partial charge in [-0.25, -0.2) is 24.0 Å². The Kier molecular flexibility index (Phi) is 39.9. The minimum atomic E-state index is -1.93. The van der Waals surface area contributed by atoms with Gasteiger partial charge in [-0.05, 0) is 147 Å². The molecule has 6 heterocycles. The number of hydrogen-bond acceptors (Lipinski definition) is 26. The normalized spacial score (nSPS) is 27.8. The van der Waals surface area contributed by atoms with Crippen molar-refractivity contribution < 1.29 is 120 Å². The third-order valence-corrected chi connectivity index (χ3v) is 27.0. The quantitative estimate of drug-likeness (QED) is 0.0136. The van der Waals surface area contributed by atoms with E-state index in [-0.39, 0.29) is 112 Å². The number of anilines is 2. The Labute approximate surface area is 794 Å². The van der Waals surface area contributed by atoms with Crippen LogP contribution in [-0.2, 0) is 98.7 Å². The highest BCUT2D eigenvalue weighted by Crippen LogP contribution is 2.52. The van der Waals surface area contributed by atoms with Crippen LogP contribution in [0.5, 0.6) is 11.5 Å². The van der Waals surface area contributed by atoms with Crippen molar-refractivity contribution in [2.45, 2.75) is 299 Å². The van der Waals surface area contributed by atoms with Crippen molar-refractivity contribution in [3.05, 3.63) is 93.0 Å². The number of nitrogens with zero attached hydrogens (tertiary/aromatic N) is 4. The fraction of sp³-hybridized carbons (Fsp3) is 0.649. The standard InChI is InChI=1S/C94H139Cl2N13O25/c1-52(2)81(97)85(117)103-62(30-27-41-101-88(98)120)84(116)102-61(35-37-73(110)99-39-23-19-21-33-75(112)106(11)57(7)86(118)131-71-48-77(114)108(13)63-44-59(46-65(125-15)79(63)95)42-53(3)28-25-31-69(127-17)93(123)50-67(129-89(121)104-93)55(5)82-91(71,9)133-82)36-38-74(111)100-40-24-20-22-34-76(113)107(12)58(8)87(119)132-72-49-78(115)109(14)64-45-60(47-66(126-16)80(64)96)43-54(4)29-26-32-70(128-18)94(124)51-68(130-90(122)105-94)56(6)83-92(72,10)134-83/h25-26,28-29,31-32,44-47,52,55-58,61-62,67-72,81-83,123-124H,19-24,27,30,33-43,48-51,97H2,1-18H3,(H,99,110)(H,100,111)(H,102,116)(H,103,117)(H,104,121)(H,105,122)(H3,98,101,120)/b31-25+,32-26+,53-28+,54-29+/t55-,56-,57+,58+,61?,62+,67?,68?,69-,70-,71+,72+,81+,82?,83?,91+,92+,93+,94+/m1/s1. The number of ether oxygens (including phenoxy) is 10. The number of nitrogens with one attached hydrogen (secondary N) is 7. The zero-order chi connectivity index (χ0) is 99.2. The molecule has 0 spiro atoms. The molecule has 4 unspecified atom stereocenters. The second-order valence-electron chi connectivity index (χ2n) is 36.7. The van der Waals surface area contributed by atoms with Crippen LogP contribution in [0.4, 0.5) is 25.8 Å². The molecule has 0 radical (unpaired) electrons. The lowest BCUT2D eigenvalue weighted by Crippen LogP contribution is -2.63. The number of esters is 2. The van der Waals surface area contributed by atoms with Gasteiger partial charge in [0.05, 0.1) is 56.7 Å². The monoisotopic (exact) mass is 1920 g/mol. The largest absolute Gasteiger partial charge is 0.495 e. The second kappa shape index (κ2) is 49.0. The first-order valence-electron chi connectivity index (χ1n) is 45.8. The number of primary amides is 1. The molecule has 6 aliphatic heterocycles. The number of rotatable bonds is 37. The average Bonchev–Trinajstić information content (AvgIpc) is 1.57. The Balaban J connectivity index is 0.839. The molecule has 6 aliphatic rings. The molecule has 0 saturated carbocycles. The first-order chi connectivity index (χ1) is 63.2. The summed E-state index contributed by atoms with van der Waals surface area (Å²) < 4.78 is 59.4. The summed E-state index contributed by atoms with van der Waals surface area (Å²) in [7, 11) is 11.7. The van der Waals surface area contributed by atoms with Crippen molar-refractivity contribution in [3.8, 4) is 11.5 Å². The van der Waals surface area contributed by atoms with Gasteiger partial charge >= 0.3 is 30.2 Å². The molecular formula is C94H139Cl2N13O25. The number of benzene rings is 2. The molecule has 8 rings (SSSR count). The summed E-state index contributed by atoms with van der Waals surface area (Å²) in [5, 5.41) is 43.2. The Hall–Kier alpha value is -10.2. The zero-order valence-corrected chi connectivity index (χ0v) is 81.8. The molecule has 40 heteroatoms. The summed E-state index contributed by atoms with van der Waals surface area (Å²) in [6.45, 7) is 17.6. The highest BCUT2D eigenvalue weighted by molar-refractivity contribution is 6.36. The summed E-state index contributed by atoms with van der Waals surface area (Å²) in [5.74, 6) is -6.51. The van der Waals surface area contributed by atoms with Crippen molar-refractivity contribution in [2.75, 3.05) is 86.1 Å². The van der Waals surface area contributed by atoms with E-state index in [1.54, 1.807) is 90.1 Å². The SMILES string of the molecule is COc1cc2cc(c1Cl)N(C)C(=O)C[C@H](OC(=O)[C@H](C)N(C)C(=O)CCCCCNC(=O)CCC(CCC(=O)NCCCCCC(=O)N(C)[C@@H](C)C(=O)O[C@H]1CC(=O)N(C)c3cc(cc(OC)c3Cl)C/C(C)=C/C=C/[C@@H](OC)[C@@]3(O)CC(OC(=O)N3)[C@@H](C)C3O[C@]31C)NC(=O)[C@H](CCCNC(N)=O)NC(=O)[C@@H](N)C(C)C)[C@]1(C)OC1[C@H](C)C1C[C@@](O)(NC(=O)O1)[C@H](OC)/C=C/C=C(\C)C2. The van der Waals surface area contributed by atoms with Gasteiger partial charge in [-0.1, -0.05) is 111 Å². The maximum Gasteiger partial charge on any atom is 0.409 e. The third-order valence-electron chi connectivity index (χ3n) is 26.2. The number of halogens is 2. The van der Waals surface area contributed by atoms with Crippen LogP contribution in [0, 0.1) is 17.8 Å². The predicted octanol–water partition coefficient (Wildman–Crippen LogP) is 7.36. The minimum Gasteiger partial charge on any atom is -0.495 e. The number of epoxide rings is 2. The third kappa shape index (κ3) is 29.2. The number of allylic oxidation sites excluding steroid dienone is 6. The highest BCUT2D eigenvalue weighted by Gasteiger charge is 2.66. The van der Waals surface area contributed by atoms with Gasteiger partial charge < -0.3 is 115 Å². The number of nitrogens with two attached hydrogens (primary N) is 2. The van der Waals surface area contributed by atoms with Crippen molar-refractivity contribution in [2.24, 2.45) is 29.2 Å². The number of carbonyl (C=O) groups excluding carboxylic acids is 13. The molecule has 744 valence electrons. The van der Waals surface area contributed by atoms with Crippen LogP contribution >= 0.6 is 23.2 Å². The number of alkyl carbamates (subject to hydrolysis) is 2. The van der Waals surface area contributed by atoms with Gasteiger partial charge in [0, 0.05) is 118 Å². The number of methoxy groups -OCH3 is 4. The Morgan fingerprint density at radius 1 is 0.575 bits per heavy atom. The molecule has 38 nitrogen and oxygen atoms in total. The van der Waals surface area contributed by atoms with E-state index in [0.717, 1.165) is 22.3 Å². The lowest BCUT2D eigenvalue weighted by atomic mass is 9.83. The van der Waals surface area contributed by atoms with Crippen molar-refractivity contribution in [1.29, 1.82) is 0 Å². The van der Waals surface area contributed by atoms with E-state index in [1.165, 1.54) is 90.1 Å². The lowest BCUT2D eigenvalue weighted by Gasteiger charge is -2.42. The molecule has 0 aliphatic carbocycles. The van der Waals surface area contributed by atoms with Gasteiger partial charge in [0.2, 0.25) is 47.3 Å². The molecule has 13 N–H and O–H groups in total. The first-order valence-corrected chi connectivity index (χ1v) is 46.5. The van der Waals surface area contributed by atoms with Crippen LogP contribution in [0.1, 0.15) is 196 Å². The second-order valence-corrected chi connectivity index (χ2v) is 37.4. The highest BCUT2D eigenvalue weighted by atomic mass is 35.5. The fourth-order valence-corrected chi connectivity index (χ4v) is 17.8. The molecule has 2 aromatic carbocycles. The van der Waals surface area contributed by atoms with Crippen LogP contribution in [0.25, 0.3) is 0 Å². The minimum absolute atomic E-state index is 0.00175. The van der Waals surface area contributed by atoms with E-state index in [2.05, 4.69) is 37.2 Å². The van der Waals surface area contributed by atoms with Crippen LogP contribution in [0.2, 0.25) is 10.0 Å². The molecule has 4 fully saturated rings. The molecule has 18 atom stereocenters. The van der Waals surface area contributed by atoms with E-state index in [4.69, 9.17) is 82.0 Å². The number of amides is 12. The van der Waals surface area contributed by atoms with Gasteiger partial charge in [-0.2, -0.15) is 0 Å². The van der Waals surface area contributed by atoms with Crippen LogP contribution in [-0.4, -0.2) is 275 Å². The Morgan fingerprint density at radius 2 is 0.978 bits per heavy atom. The molecule has 134 heavy (non-hydrogen) atoms. The van der Waals surface area contributed by atoms with Crippen LogP contribution in [0.3, 0.4) is 0 Å². The van der Waals surface area contributed by atoms with E-state index >= 15 is 0 Å². The van der Waals surface area contributed by atoms with Gasteiger partial charge in [0.25, 0.3) is 0 Å². The molecular weight excluding hydrogens is 1780 g/mol. The summed E-state index contributed by atoms with van der Waals surface area (Å²) in [6.07, 6.45) is 2.73. The maximum atomic E-state index is 14.6. The smallest absolute Gasteiger partial charge is 0.409 e. The Bertz CT molecular complexity index is 4420. The summed E-state index contributed by atoms with van der Waals surface area (Å²) in [5.41, 5.74) is 8.75. The van der Waals surface area contributed by atoms with E-state index in [0.29, 0.717) is 74.2 Å². The van der Waals surface area contributed by atoms with Crippen LogP contribution < -0.4 is 68.0 Å². The number of unbranched alkanes of at least 4 members (excludes halogenated alkanes) is 4. The summed E-state index contributed by atoms with van der Waals surface area (Å²) in [6, 6.07) is 0.968. The van der Waals surface area contributed by atoms with Gasteiger partial charge in [0.1, 0.15) is 87.5 Å². The zero-order valence-electron chi connectivity index (χ0n) is 80.3. The number of likely N-dealkylation sites (N-methyl/N-ethyl adjacent to an activating group) is 2. The van der Waals surface area contributed by atoms with Crippen molar-refractivity contribution >= 4 is 112 Å². The number of fused-ring (bicyclic) bond motifs is 10. The average molecular weight is 1920 g/mol. The number of aliphatic hydroxyl groups is 2. The Morgan fingerprint density at radius 3 is 1.36 bits per heavy atom. The van der Waals surface area contributed by atoms with E-state index in [9.17, 15) is 72.5 Å². The van der Waals surface area contributed by atoms with Gasteiger partial charge in [-0.3, -0.25) is 49.0 Å². The predicted molar refractivity (Wildman–Crippen MR) is 497 cm³/mol. The van der Waals surface area contributed by atoms with Gasteiger partial charge in [-0.15, -0.1) is 0 Å². The molecule has 2 aromatic rings. The number of carbonyl (C=O) groups is 13. The van der Waals surface area contributed by atoms with Gasteiger partial charge in [0.15, 0.2) is 11.4 Å². The number of urea groups is 1. The first kappa shape index (κ1) is 109. The van der Waals surface area contributed by atoms with Crippen molar-refractivity contribution in [3.63, 3.8) is 0 Å². The van der Waals surface area contributed by atoms with E-state index < -0.39 is 192 Å². The summed E-state index contributed by atoms with van der Waals surface area (Å²) in [4.78, 5) is 183. The lowest BCUT2D eigenvalue weighted by molar-refractivity contribution is -0.162. The maximum absolute atomic E-state index is 14.6. The molecule has 8 bridgehead atoms. The van der Waals surface area contributed by atoms with Crippen LogP contribution in [0.15, 0.2) is 71.9 Å². The van der Waals surface area contributed by atoms with E-state index in [1.807, 2.05) is 26.0 Å². The topological polar surface area (TPSA) is 510 Å². The number of hydrogen-bond donors (Lipinski definition) is 11. The van der Waals surface area contributed by atoms with Crippen molar-refractivity contribution in [1.82, 2.24) is 47.0 Å². The molecule has 4 saturated heterocycles. The molecule has 0 aromatic heterocycles. The molecule has 12 amide bonds. The summed E-state index contributed by atoms with van der Waals surface area (Å²) >= 11 is 13.8.